The number of phenols is 1. The van der Waals surface area contributed by atoms with Crippen LogP contribution in [-0.4, -0.2) is 268 Å². The summed E-state index contributed by atoms with van der Waals surface area (Å²) in [7, 11) is 10.2. The molecule has 0 spiro atoms. The number of H-pyrrole nitrogens is 1. The number of carbonyl (C=O) groups excluding carboxylic acids is 12. The molecule has 4 aliphatic heterocycles. The minimum Gasteiger partial charge on any atom is -0.508 e. The Balaban J connectivity index is 0.871. The second-order valence-electron chi connectivity index (χ2n) is 32.7. The van der Waals surface area contributed by atoms with E-state index in [0.29, 0.717) is 77.7 Å². The second-order valence-corrected chi connectivity index (χ2v) is 38.3. The molecule has 0 saturated carbocycles. The molecule has 127 heavy (non-hydrogen) atoms. The van der Waals surface area contributed by atoms with Crippen molar-refractivity contribution in [3.05, 3.63) is 137 Å². The monoisotopic (exact) mass is 1860 g/mol. The van der Waals surface area contributed by atoms with Gasteiger partial charge in [-0.3, -0.25) is 53.3 Å². The predicted molar refractivity (Wildman–Crippen MR) is 485 cm³/mol. The molecule has 694 valence electrons. The number of aromatic hydroxyl groups is 1. The summed E-state index contributed by atoms with van der Waals surface area (Å²) in [5, 5.41) is 69.6. The van der Waals surface area contributed by atoms with Crippen LogP contribution in [0.2, 0.25) is 5.02 Å². The summed E-state index contributed by atoms with van der Waals surface area (Å²) in [4.78, 5) is 179. The molecule has 9 rings (SSSR count). The summed E-state index contributed by atoms with van der Waals surface area (Å²) in [5.41, 5.74) is 12.6. The minimum absolute atomic E-state index is 0.0204. The lowest BCUT2D eigenvalue weighted by molar-refractivity contribution is -0.162. The van der Waals surface area contributed by atoms with Gasteiger partial charge in [-0.05, 0) is 125 Å². The van der Waals surface area contributed by atoms with Crippen LogP contribution in [0.25, 0.3) is 10.9 Å². The van der Waals surface area contributed by atoms with Crippen LogP contribution in [0.15, 0.2) is 109 Å². The van der Waals surface area contributed by atoms with Crippen molar-refractivity contribution in [2.75, 3.05) is 69.3 Å². The number of benzene rings is 4. The van der Waals surface area contributed by atoms with Crippen molar-refractivity contribution >= 4 is 143 Å². The standard InChI is InChI=1S/C87H119ClN14O21S4/c1-47-20-19-26-68(120-10)87(118)43-67(121-85(117)100-87)48(2)75-86(6,123-75)69(42-71(107)102(8)65-39-54(36-47)40-66(119-9)72(65)88)122-84(116)49(3)101(7)70(106)31-34-124-125-35-33-91-82(114)73(50(4)103)98-81(113)64-46-127-126-45-63(96-76(108)58(90)37-52-21-13-11-14-22-52)80(112)94-61(38-53-27-29-56(105)30-28-53)78(110)95-62(41-55-44-92-59-24-17-16-23-57(55)59)79(111)93-60(25-15-12-18-32-89)77(109)99-74(51(5)104)83(115)97-64/h11,13-14,16-17,19,21-24,26-30,39-40,44,47-51,58,60-64,67-69,73-75,92,103-105,118H,12,15,18,20,25,31-38,41-43,45-46,89-90H2,1-10H3,(H,91,114)(H,93,111)(H,94,112)(H,95,110)(H,96,108)(H,97,115)(H,98,113)(H,99,109)(H,100,117)/b26-19+/t47?,48-,49+,50-,51-,58-,60+,61+,62-,63+,64+,67+,68-,69+,73+,74+,75+,86+,87+/m1/s1. The number of nitrogens with zero attached hydrogens (tertiary/aromatic N) is 2. The first-order chi connectivity index (χ1) is 60.4. The highest BCUT2D eigenvalue weighted by Gasteiger charge is 2.65. The number of nitrogens with two attached hydrogens (primary N) is 2. The van der Waals surface area contributed by atoms with E-state index in [2.05, 4.69) is 52.8 Å². The molecule has 5 heterocycles. The van der Waals surface area contributed by atoms with Crippen molar-refractivity contribution in [2.24, 2.45) is 23.3 Å². The lowest BCUT2D eigenvalue weighted by Gasteiger charge is -2.42. The number of allylic oxidation sites excluding steroid dienone is 1. The lowest BCUT2D eigenvalue weighted by Crippen LogP contribution is -2.63. The van der Waals surface area contributed by atoms with Crippen LogP contribution < -0.4 is 69.0 Å². The number of para-hydroxylation sites is 1. The maximum Gasteiger partial charge on any atom is 0.409 e. The molecular weight excluding hydrogens is 1740 g/mol. The Morgan fingerprint density at radius 3 is 2.16 bits per heavy atom. The number of methoxy groups -OCH3 is 2. The number of nitrogens with one attached hydrogen (secondary N) is 10. The number of aliphatic hydroxyl groups excluding tert-OH is 2. The summed E-state index contributed by atoms with van der Waals surface area (Å²) >= 11 is 6.90. The Kier molecular flexibility index (Phi) is 38.1. The van der Waals surface area contributed by atoms with Gasteiger partial charge in [0.15, 0.2) is 5.72 Å². The van der Waals surface area contributed by atoms with Gasteiger partial charge in [0.05, 0.1) is 43.6 Å². The number of likely N-dealkylation sites (N-methyl/N-ethyl adjacent to an activating group) is 1. The molecule has 1 aromatic heterocycles. The number of esters is 1. The molecule has 11 amide bonds. The van der Waals surface area contributed by atoms with Gasteiger partial charge in [-0.1, -0.05) is 154 Å². The van der Waals surface area contributed by atoms with Crippen LogP contribution in [0.4, 0.5) is 10.5 Å². The SMILES string of the molecule is COc1cc2cc(c1Cl)N(C)C(=O)C[C@H](OC(=O)[C@H](C)N(C)C(=O)CCSSCCNC(=O)[C@@H](NC(=O)[C@@H]1CSSC[C@H](NC(=O)[C@H](N)Cc3ccccc3)C(=O)N[C@@H](Cc3ccc(O)cc3)C(=O)N[C@H](Cc3c[nH]c4ccccc34)C(=O)N[C@@H](CCCCCN)C(=O)N[C@@H]([C@@H](C)O)C(=O)N1)[C@@H](C)O)[C@]1(C)O[C@H]1[C@H](C)[C@@H]1C[C@@](O)(NC(=O)O1)[C@H](OC)/C=C/CC(C)C2. The third-order valence-electron chi connectivity index (χ3n) is 22.9. The van der Waals surface area contributed by atoms with Crippen molar-refractivity contribution in [3.8, 4) is 11.5 Å². The number of amides is 11. The fraction of sp³-hybridized carbons (Fsp3) is 0.540. The number of unbranched alkanes of at least 4 members (excludes halogenated alkanes) is 2. The second kappa shape index (κ2) is 47.8. The number of epoxide rings is 1. The van der Waals surface area contributed by atoms with Crippen molar-refractivity contribution in [1.82, 2.24) is 57.7 Å². The number of alkyl carbamates (subject to hydrolysis) is 1. The molecule has 1 unspecified atom stereocenters. The van der Waals surface area contributed by atoms with E-state index in [1.54, 1.807) is 80.7 Å². The molecule has 18 N–H and O–H groups in total. The average Bonchev–Trinajstić information content (AvgIpc) is 1.57. The first-order valence-corrected chi connectivity index (χ1v) is 47.6. The van der Waals surface area contributed by atoms with Crippen molar-refractivity contribution < 1.29 is 102 Å². The smallest absolute Gasteiger partial charge is 0.409 e. The third-order valence-corrected chi connectivity index (χ3v) is 28.1. The number of aromatic nitrogens is 1. The molecule has 3 fully saturated rings. The number of hydrogen-bond donors (Lipinski definition) is 16. The zero-order valence-corrected chi connectivity index (χ0v) is 76.7. The fourth-order valence-electron chi connectivity index (χ4n) is 15.2. The Morgan fingerprint density at radius 1 is 0.795 bits per heavy atom. The molecule has 4 bridgehead atoms. The van der Waals surface area contributed by atoms with Gasteiger partial charge in [0.2, 0.25) is 59.1 Å². The van der Waals surface area contributed by atoms with E-state index in [-0.39, 0.29) is 84.8 Å². The van der Waals surface area contributed by atoms with Gasteiger partial charge in [-0.15, -0.1) is 0 Å². The van der Waals surface area contributed by atoms with Crippen LogP contribution >= 0.6 is 54.8 Å². The van der Waals surface area contributed by atoms with E-state index in [1.165, 1.54) is 105 Å². The largest absolute Gasteiger partial charge is 0.508 e. The number of fused-ring (bicyclic) bond motifs is 6. The average molecular weight is 1860 g/mol. The number of halogens is 1. The van der Waals surface area contributed by atoms with Crippen LogP contribution in [0.1, 0.15) is 115 Å². The molecule has 40 heteroatoms. The van der Waals surface area contributed by atoms with Gasteiger partial charge in [0.1, 0.15) is 88.8 Å². The molecule has 0 aliphatic carbocycles. The molecule has 3 saturated heterocycles. The number of aliphatic hydroxyl groups is 3. The first-order valence-electron chi connectivity index (χ1n) is 42.2. The van der Waals surface area contributed by atoms with Gasteiger partial charge in [-0.2, -0.15) is 0 Å². The van der Waals surface area contributed by atoms with Crippen molar-refractivity contribution in [1.29, 1.82) is 0 Å². The van der Waals surface area contributed by atoms with Crippen LogP contribution in [-0.2, 0) is 97.4 Å². The van der Waals surface area contributed by atoms with Gasteiger partial charge in [-0.25, -0.2) is 9.59 Å². The Morgan fingerprint density at radius 2 is 1.46 bits per heavy atom. The number of carbonyl (C=O) groups is 12. The van der Waals surface area contributed by atoms with Gasteiger partial charge < -0.3 is 113 Å². The van der Waals surface area contributed by atoms with Crippen molar-refractivity contribution in [2.45, 2.75) is 221 Å². The summed E-state index contributed by atoms with van der Waals surface area (Å²) in [5.74, 6) is -9.79. The van der Waals surface area contributed by atoms with Crippen molar-refractivity contribution in [3.63, 3.8) is 0 Å². The third kappa shape index (κ3) is 28.3. The van der Waals surface area contributed by atoms with Crippen LogP contribution in [0.5, 0.6) is 11.5 Å². The number of aromatic amines is 1. The molecule has 4 aliphatic rings. The Hall–Kier alpha value is -9.39. The topological polar surface area (TPSA) is 518 Å². The highest BCUT2D eigenvalue weighted by molar-refractivity contribution is 8.77. The van der Waals surface area contributed by atoms with E-state index in [4.69, 9.17) is 46.8 Å². The maximum atomic E-state index is 15.1. The summed E-state index contributed by atoms with van der Waals surface area (Å²) in [6.45, 7) is 9.62. The molecule has 19 atom stereocenters. The summed E-state index contributed by atoms with van der Waals surface area (Å²) in [6, 6.07) is 12.0. The fourth-order valence-corrected chi connectivity index (χ4v) is 19.7. The quantitative estimate of drug-likeness (QED) is 0.0102. The number of hydrogen-bond acceptors (Lipinski definition) is 27. The minimum atomic E-state index is -1.91. The first kappa shape index (κ1) is 101. The predicted octanol–water partition coefficient (Wildman–Crippen LogP) is 3.79. The molecule has 0 radical (unpaired) electrons. The molecular formula is C87H119ClN14O21S4. The van der Waals surface area contributed by atoms with Gasteiger partial charge in [0.25, 0.3) is 0 Å². The zero-order chi connectivity index (χ0) is 92.6. The van der Waals surface area contributed by atoms with Crippen LogP contribution in [0, 0.1) is 11.8 Å². The van der Waals surface area contributed by atoms with Crippen LogP contribution in [0.3, 0.4) is 0 Å². The Bertz CT molecular complexity index is 4680. The highest BCUT2D eigenvalue weighted by atomic mass is 35.5. The number of anilines is 1. The van der Waals surface area contributed by atoms with Gasteiger partial charge in [0, 0.05) is 99.5 Å². The van der Waals surface area contributed by atoms with E-state index < -0.39 is 186 Å². The molecule has 4 aromatic carbocycles. The Labute approximate surface area is 758 Å². The number of phenolic OH excluding ortho intramolecular Hbond substituents is 1. The van der Waals surface area contributed by atoms with Gasteiger partial charge >= 0.3 is 12.1 Å². The summed E-state index contributed by atoms with van der Waals surface area (Å²) < 4.78 is 29.7. The highest BCUT2D eigenvalue weighted by Crippen LogP contribution is 2.50. The number of ether oxygens (including phenoxy) is 5. The molecule has 5 aromatic rings. The zero-order valence-electron chi connectivity index (χ0n) is 72.7. The molecule has 35 nitrogen and oxygen atoms in total. The maximum absolute atomic E-state index is 15.1. The van der Waals surface area contributed by atoms with E-state index >= 15 is 9.59 Å². The normalized spacial score (nSPS) is 26.4. The summed E-state index contributed by atoms with van der Waals surface area (Å²) in [6.07, 6.45) is -1.56. The number of rotatable bonds is 30. The van der Waals surface area contributed by atoms with E-state index in [1.807, 2.05) is 25.1 Å². The van der Waals surface area contributed by atoms with E-state index in [0.717, 1.165) is 27.2 Å². The lowest BCUT2D eigenvalue weighted by atomic mass is 9.83. The van der Waals surface area contributed by atoms with E-state index in [9.17, 15) is 68.4 Å².